The van der Waals surface area contributed by atoms with Crippen molar-refractivity contribution in [3.63, 3.8) is 0 Å². The van der Waals surface area contributed by atoms with Crippen molar-refractivity contribution in [2.75, 3.05) is 0 Å². The van der Waals surface area contributed by atoms with Crippen molar-refractivity contribution in [1.82, 2.24) is 9.78 Å². The molecular weight excluding hydrogens is 196 g/mol. The van der Waals surface area contributed by atoms with E-state index in [9.17, 15) is 0 Å². The summed E-state index contributed by atoms with van der Waals surface area (Å²) < 4.78 is 2.08. The molecule has 1 unspecified atom stereocenters. The molecule has 80 valence electrons. The maximum Gasteiger partial charge on any atom is 0.0640 e. The third kappa shape index (κ3) is 2.30. The Labute approximate surface area is 91.3 Å². The quantitative estimate of drug-likeness (QED) is 0.704. The van der Waals surface area contributed by atoms with Gasteiger partial charge in [0.25, 0.3) is 0 Å². The van der Waals surface area contributed by atoms with Crippen molar-refractivity contribution >= 4 is 11.6 Å². The molecule has 0 bridgehead atoms. The van der Waals surface area contributed by atoms with E-state index < -0.39 is 0 Å². The summed E-state index contributed by atoms with van der Waals surface area (Å²) in [4.78, 5) is 0. The largest absolute Gasteiger partial charge is 0.269 e. The standard InChI is InChI=1S/C11H19ClN2/c1-5-8(2)7-14-10(4)11(6-12)9(3)13-14/h8H,5-7H2,1-4H3. The number of rotatable bonds is 4. The fourth-order valence-corrected chi connectivity index (χ4v) is 1.92. The second-order valence-electron chi connectivity index (χ2n) is 3.98. The molecule has 1 aromatic heterocycles. The lowest BCUT2D eigenvalue weighted by molar-refractivity contribution is 0.431. The second-order valence-corrected chi connectivity index (χ2v) is 4.25. The van der Waals surface area contributed by atoms with Crippen LogP contribution in [0.4, 0.5) is 0 Å². The van der Waals surface area contributed by atoms with Crippen LogP contribution in [0.2, 0.25) is 0 Å². The molecule has 0 saturated heterocycles. The lowest BCUT2D eigenvalue weighted by Gasteiger charge is -2.10. The first-order valence-corrected chi connectivity index (χ1v) is 5.72. The van der Waals surface area contributed by atoms with Crippen LogP contribution in [-0.2, 0) is 12.4 Å². The van der Waals surface area contributed by atoms with Crippen molar-refractivity contribution in [1.29, 1.82) is 0 Å². The fraction of sp³-hybridized carbons (Fsp3) is 0.727. The first-order chi connectivity index (χ1) is 6.60. The van der Waals surface area contributed by atoms with Crippen molar-refractivity contribution in [2.45, 2.75) is 46.5 Å². The number of aryl methyl sites for hydroxylation is 1. The summed E-state index contributed by atoms with van der Waals surface area (Å²) in [5.74, 6) is 1.24. The van der Waals surface area contributed by atoms with Gasteiger partial charge >= 0.3 is 0 Å². The van der Waals surface area contributed by atoms with Gasteiger partial charge in [-0.15, -0.1) is 11.6 Å². The highest BCUT2D eigenvalue weighted by Crippen LogP contribution is 2.17. The van der Waals surface area contributed by atoms with Crippen molar-refractivity contribution in [2.24, 2.45) is 5.92 Å². The number of aromatic nitrogens is 2. The zero-order chi connectivity index (χ0) is 10.7. The number of nitrogens with zero attached hydrogens (tertiary/aromatic N) is 2. The molecule has 0 spiro atoms. The molecule has 1 heterocycles. The Balaban J connectivity index is 2.88. The van der Waals surface area contributed by atoms with Crippen molar-refractivity contribution in [3.8, 4) is 0 Å². The number of halogens is 1. The summed E-state index contributed by atoms with van der Waals surface area (Å²) in [7, 11) is 0. The first-order valence-electron chi connectivity index (χ1n) is 5.19. The molecule has 2 nitrogen and oxygen atoms in total. The minimum absolute atomic E-state index is 0.568. The monoisotopic (exact) mass is 214 g/mol. The molecule has 1 atom stereocenters. The lowest BCUT2D eigenvalue weighted by atomic mass is 10.1. The van der Waals surface area contributed by atoms with Gasteiger partial charge in [-0.1, -0.05) is 20.3 Å². The zero-order valence-electron chi connectivity index (χ0n) is 9.47. The highest BCUT2D eigenvalue weighted by molar-refractivity contribution is 6.17. The Morgan fingerprint density at radius 3 is 2.50 bits per heavy atom. The molecule has 0 aliphatic carbocycles. The Hall–Kier alpha value is -0.500. The molecule has 3 heteroatoms. The molecule has 0 saturated carbocycles. The predicted molar refractivity (Wildman–Crippen MR) is 60.7 cm³/mol. The van der Waals surface area contributed by atoms with Crippen LogP contribution in [0.1, 0.15) is 37.2 Å². The van der Waals surface area contributed by atoms with Gasteiger partial charge in [0.05, 0.1) is 11.6 Å². The van der Waals surface area contributed by atoms with Gasteiger partial charge in [-0.3, -0.25) is 4.68 Å². The van der Waals surface area contributed by atoms with Gasteiger partial charge in [-0.2, -0.15) is 5.10 Å². The third-order valence-corrected chi connectivity index (χ3v) is 3.11. The zero-order valence-corrected chi connectivity index (χ0v) is 10.2. The summed E-state index contributed by atoms with van der Waals surface area (Å²) in [6.07, 6.45) is 1.19. The number of hydrogen-bond acceptors (Lipinski definition) is 1. The maximum absolute atomic E-state index is 5.87. The highest BCUT2D eigenvalue weighted by Gasteiger charge is 2.11. The molecule has 0 aliphatic heterocycles. The molecule has 1 rings (SSSR count). The molecule has 1 aromatic rings. The van der Waals surface area contributed by atoms with Crippen LogP contribution in [0.25, 0.3) is 0 Å². The van der Waals surface area contributed by atoms with E-state index in [-0.39, 0.29) is 0 Å². The van der Waals surface area contributed by atoms with Gasteiger partial charge < -0.3 is 0 Å². The molecule has 0 fully saturated rings. The van der Waals surface area contributed by atoms with Gasteiger partial charge in [-0.05, 0) is 19.8 Å². The van der Waals surface area contributed by atoms with Crippen LogP contribution in [0.15, 0.2) is 0 Å². The summed E-state index contributed by atoms with van der Waals surface area (Å²) in [5, 5.41) is 4.50. The molecule has 14 heavy (non-hydrogen) atoms. The topological polar surface area (TPSA) is 17.8 Å². The van der Waals surface area contributed by atoms with E-state index in [1.165, 1.54) is 17.7 Å². The molecular formula is C11H19ClN2. The normalized spacial score (nSPS) is 13.2. The second kappa shape index (κ2) is 4.83. The van der Waals surface area contributed by atoms with E-state index in [1.54, 1.807) is 0 Å². The van der Waals surface area contributed by atoms with E-state index in [4.69, 9.17) is 11.6 Å². The summed E-state index contributed by atoms with van der Waals surface area (Å²) in [6, 6.07) is 0. The molecule has 0 aliphatic rings. The Bertz CT molecular complexity index is 304. The van der Waals surface area contributed by atoms with Gasteiger partial charge in [-0.25, -0.2) is 0 Å². The lowest BCUT2D eigenvalue weighted by Crippen LogP contribution is -2.09. The van der Waals surface area contributed by atoms with Crippen molar-refractivity contribution in [3.05, 3.63) is 17.0 Å². The summed E-state index contributed by atoms with van der Waals surface area (Å²) >= 11 is 5.87. The SMILES string of the molecule is CCC(C)Cn1nc(C)c(CCl)c1C. The van der Waals surface area contributed by atoms with E-state index in [0.717, 1.165) is 12.2 Å². The average molecular weight is 215 g/mol. The predicted octanol–water partition coefficient (Wildman–Crippen LogP) is 3.28. The summed E-state index contributed by atoms with van der Waals surface area (Å²) in [6.45, 7) is 9.58. The van der Waals surface area contributed by atoms with Crippen LogP contribution in [0.3, 0.4) is 0 Å². The molecule has 0 radical (unpaired) electrons. The maximum atomic E-state index is 5.87. The fourth-order valence-electron chi connectivity index (χ4n) is 1.53. The Morgan fingerprint density at radius 2 is 2.07 bits per heavy atom. The summed E-state index contributed by atoms with van der Waals surface area (Å²) in [5.41, 5.74) is 3.48. The Kier molecular flexibility index (Phi) is 3.99. The molecule has 0 aromatic carbocycles. The van der Waals surface area contributed by atoms with Crippen LogP contribution in [-0.4, -0.2) is 9.78 Å². The van der Waals surface area contributed by atoms with E-state index in [2.05, 4.69) is 30.6 Å². The van der Waals surface area contributed by atoms with Crippen LogP contribution in [0.5, 0.6) is 0 Å². The minimum atomic E-state index is 0.568. The first kappa shape index (κ1) is 11.6. The van der Waals surface area contributed by atoms with Crippen LogP contribution < -0.4 is 0 Å². The average Bonchev–Trinajstić information content (AvgIpc) is 2.42. The van der Waals surface area contributed by atoms with E-state index in [1.807, 2.05) is 6.92 Å². The van der Waals surface area contributed by atoms with Gasteiger partial charge in [0.15, 0.2) is 0 Å². The van der Waals surface area contributed by atoms with Crippen LogP contribution >= 0.6 is 11.6 Å². The van der Waals surface area contributed by atoms with Gasteiger partial charge in [0.1, 0.15) is 0 Å². The number of alkyl halides is 1. The molecule has 0 amide bonds. The van der Waals surface area contributed by atoms with Crippen LogP contribution in [0, 0.1) is 19.8 Å². The highest BCUT2D eigenvalue weighted by atomic mass is 35.5. The van der Waals surface area contributed by atoms with E-state index in [0.29, 0.717) is 11.8 Å². The minimum Gasteiger partial charge on any atom is -0.269 e. The van der Waals surface area contributed by atoms with Crippen molar-refractivity contribution < 1.29 is 0 Å². The Morgan fingerprint density at radius 1 is 1.43 bits per heavy atom. The van der Waals surface area contributed by atoms with Gasteiger partial charge in [0, 0.05) is 17.8 Å². The smallest absolute Gasteiger partial charge is 0.0640 e. The number of hydrogen-bond donors (Lipinski definition) is 0. The third-order valence-electron chi connectivity index (χ3n) is 2.85. The molecule has 0 N–H and O–H groups in total. The van der Waals surface area contributed by atoms with E-state index >= 15 is 0 Å². The van der Waals surface area contributed by atoms with Gasteiger partial charge in [0.2, 0.25) is 0 Å².